The Morgan fingerprint density at radius 1 is 1.71 bits per heavy atom. The van der Waals surface area contributed by atoms with Crippen molar-refractivity contribution in [3.8, 4) is 0 Å². The maximum absolute atomic E-state index is 11.1. The molecule has 1 rings (SSSR count). The van der Waals surface area contributed by atoms with E-state index in [1.165, 1.54) is 24.5 Å². The molecular formula is C9H9NO3S. The third kappa shape index (κ3) is 2.80. The molecule has 0 saturated carbocycles. The topological polar surface area (TPSA) is 55.7 Å². The van der Waals surface area contributed by atoms with Gasteiger partial charge in [-0.1, -0.05) is 0 Å². The lowest BCUT2D eigenvalue weighted by Gasteiger charge is -1.92. The molecule has 1 heterocycles. The Hall–Kier alpha value is -1.45. The number of ether oxygens (including phenoxy) is 1. The number of thiophene rings is 1. The van der Waals surface area contributed by atoms with E-state index in [0.29, 0.717) is 18.5 Å². The van der Waals surface area contributed by atoms with E-state index in [1.807, 2.05) is 0 Å². The van der Waals surface area contributed by atoms with Crippen LogP contribution in [0.1, 0.15) is 15.2 Å². The SMILES string of the molecule is COC(=O)c1csc(CCN=C=O)c1. The van der Waals surface area contributed by atoms with Gasteiger partial charge in [0, 0.05) is 16.7 Å². The Kier molecular flexibility index (Phi) is 4.04. The zero-order chi connectivity index (χ0) is 10.4. The minimum absolute atomic E-state index is 0.341. The molecule has 0 N–H and O–H groups in total. The van der Waals surface area contributed by atoms with Crippen molar-refractivity contribution in [2.75, 3.05) is 13.7 Å². The number of carbonyl (C=O) groups is 1. The van der Waals surface area contributed by atoms with Gasteiger partial charge < -0.3 is 4.74 Å². The summed E-state index contributed by atoms with van der Waals surface area (Å²) in [6.45, 7) is 0.407. The lowest BCUT2D eigenvalue weighted by atomic mass is 10.3. The summed E-state index contributed by atoms with van der Waals surface area (Å²) >= 11 is 1.45. The minimum Gasteiger partial charge on any atom is -0.465 e. The molecule has 74 valence electrons. The number of esters is 1. The van der Waals surface area contributed by atoms with Gasteiger partial charge in [0.2, 0.25) is 6.08 Å². The highest BCUT2D eigenvalue weighted by molar-refractivity contribution is 7.10. The van der Waals surface area contributed by atoms with Gasteiger partial charge in [-0.15, -0.1) is 11.3 Å². The Balaban J connectivity index is 2.59. The van der Waals surface area contributed by atoms with Crippen molar-refractivity contribution in [2.24, 2.45) is 4.99 Å². The third-order valence-electron chi connectivity index (χ3n) is 1.61. The molecule has 4 nitrogen and oxygen atoms in total. The summed E-state index contributed by atoms with van der Waals surface area (Å²) in [5.41, 5.74) is 0.544. The van der Waals surface area contributed by atoms with Gasteiger partial charge >= 0.3 is 5.97 Å². The van der Waals surface area contributed by atoms with E-state index in [0.717, 1.165) is 4.88 Å². The minimum atomic E-state index is -0.341. The molecule has 0 amide bonds. The number of carbonyl (C=O) groups excluding carboxylic acids is 2. The number of methoxy groups -OCH3 is 1. The predicted molar refractivity (Wildman–Crippen MR) is 52.4 cm³/mol. The van der Waals surface area contributed by atoms with Crippen LogP contribution in [0.5, 0.6) is 0 Å². The van der Waals surface area contributed by atoms with Crippen molar-refractivity contribution >= 4 is 23.4 Å². The summed E-state index contributed by atoms with van der Waals surface area (Å²) in [5.74, 6) is -0.341. The van der Waals surface area contributed by atoms with Gasteiger partial charge in [0.1, 0.15) is 0 Å². The van der Waals surface area contributed by atoms with E-state index in [2.05, 4.69) is 9.73 Å². The maximum atomic E-state index is 11.1. The van der Waals surface area contributed by atoms with Gasteiger partial charge in [-0.05, 0) is 6.07 Å². The Morgan fingerprint density at radius 2 is 2.50 bits per heavy atom. The van der Waals surface area contributed by atoms with E-state index in [4.69, 9.17) is 0 Å². The van der Waals surface area contributed by atoms with Crippen LogP contribution in [0.25, 0.3) is 0 Å². The summed E-state index contributed by atoms with van der Waals surface area (Å²) in [5, 5.41) is 1.73. The van der Waals surface area contributed by atoms with Crippen molar-refractivity contribution in [3.05, 3.63) is 21.9 Å². The highest BCUT2D eigenvalue weighted by Gasteiger charge is 2.07. The molecule has 0 bridgehead atoms. The fourth-order valence-corrected chi connectivity index (χ4v) is 1.80. The zero-order valence-corrected chi connectivity index (χ0v) is 8.47. The second kappa shape index (κ2) is 5.32. The quantitative estimate of drug-likeness (QED) is 0.430. The summed E-state index contributed by atoms with van der Waals surface area (Å²) < 4.78 is 4.56. The lowest BCUT2D eigenvalue weighted by Crippen LogP contribution is -1.98. The molecule has 0 saturated heterocycles. The van der Waals surface area contributed by atoms with Crippen molar-refractivity contribution in [1.82, 2.24) is 0 Å². The first-order valence-electron chi connectivity index (χ1n) is 3.97. The van der Waals surface area contributed by atoms with Crippen molar-refractivity contribution in [2.45, 2.75) is 6.42 Å². The van der Waals surface area contributed by atoms with E-state index in [1.54, 1.807) is 11.4 Å². The van der Waals surface area contributed by atoms with Crippen LogP contribution in [-0.2, 0) is 16.0 Å². The summed E-state index contributed by atoms with van der Waals surface area (Å²) in [7, 11) is 1.34. The molecule has 0 aliphatic carbocycles. The number of rotatable bonds is 4. The number of hydrogen-bond acceptors (Lipinski definition) is 5. The van der Waals surface area contributed by atoms with Gasteiger partial charge in [-0.2, -0.15) is 0 Å². The number of aliphatic imine (C=N–C) groups is 1. The molecule has 0 atom stereocenters. The lowest BCUT2D eigenvalue weighted by molar-refractivity contribution is 0.0601. The van der Waals surface area contributed by atoms with Crippen LogP contribution in [0.3, 0.4) is 0 Å². The van der Waals surface area contributed by atoms with Crippen molar-refractivity contribution in [1.29, 1.82) is 0 Å². The van der Waals surface area contributed by atoms with Crippen molar-refractivity contribution in [3.63, 3.8) is 0 Å². The molecular weight excluding hydrogens is 202 g/mol. The van der Waals surface area contributed by atoms with Crippen molar-refractivity contribution < 1.29 is 14.3 Å². The van der Waals surface area contributed by atoms with Crippen LogP contribution in [0.2, 0.25) is 0 Å². The average molecular weight is 211 g/mol. The van der Waals surface area contributed by atoms with Gasteiger partial charge in [0.25, 0.3) is 0 Å². The molecule has 5 heteroatoms. The Bertz CT molecular complexity index is 366. The molecule has 0 aliphatic rings. The first-order valence-corrected chi connectivity index (χ1v) is 4.85. The summed E-state index contributed by atoms with van der Waals surface area (Å²) in [4.78, 5) is 25.3. The maximum Gasteiger partial charge on any atom is 0.338 e. The smallest absolute Gasteiger partial charge is 0.338 e. The molecule has 0 fully saturated rings. The van der Waals surface area contributed by atoms with E-state index in [9.17, 15) is 9.59 Å². The predicted octanol–water partition coefficient (Wildman–Crippen LogP) is 1.41. The van der Waals surface area contributed by atoms with Crippen LogP contribution >= 0.6 is 11.3 Å². The monoisotopic (exact) mass is 211 g/mol. The standard InChI is InChI=1S/C9H9NO3S/c1-13-9(12)7-4-8(14-5-7)2-3-10-6-11/h4-5H,2-3H2,1H3. The molecule has 0 aliphatic heterocycles. The number of isocyanates is 1. The highest BCUT2D eigenvalue weighted by Crippen LogP contribution is 2.15. The van der Waals surface area contributed by atoms with Crippen LogP contribution in [0, 0.1) is 0 Å². The normalized spacial score (nSPS) is 9.21. The van der Waals surface area contributed by atoms with Crippen LogP contribution in [0.4, 0.5) is 0 Å². The molecule has 0 unspecified atom stereocenters. The first-order chi connectivity index (χ1) is 6.77. The second-order valence-electron chi connectivity index (χ2n) is 2.52. The molecule has 1 aromatic heterocycles. The van der Waals surface area contributed by atoms with E-state index >= 15 is 0 Å². The van der Waals surface area contributed by atoms with Gasteiger partial charge in [-0.25, -0.2) is 14.6 Å². The first kappa shape index (κ1) is 10.6. The van der Waals surface area contributed by atoms with Crippen LogP contribution in [-0.4, -0.2) is 25.7 Å². The van der Waals surface area contributed by atoms with E-state index < -0.39 is 0 Å². The van der Waals surface area contributed by atoms with Gasteiger partial charge in [-0.3, -0.25) is 0 Å². The fourth-order valence-electron chi connectivity index (χ4n) is 0.948. The van der Waals surface area contributed by atoms with Gasteiger partial charge in [0.05, 0.1) is 19.2 Å². The number of nitrogens with zero attached hydrogens (tertiary/aromatic N) is 1. The summed E-state index contributed by atoms with van der Waals surface area (Å²) in [6, 6.07) is 1.75. The largest absolute Gasteiger partial charge is 0.465 e. The molecule has 1 aromatic rings. The van der Waals surface area contributed by atoms with Crippen LogP contribution < -0.4 is 0 Å². The molecule has 0 spiro atoms. The molecule has 0 radical (unpaired) electrons. The molecule has 14 heavy (non-hydrogen) atoms. The average Bonchev–Trinajstić information content (AvgIpc) is 2.66. The zero-order valence-electron chi connectivity index (χ0n) is 7.65. The second-order valence-corrected chi connectivity index (χ2v) is 3.51. The fraction of sp³-hybridized carbons (Fsp3) is 0.333. The van der Waals surface area contributed by atoms with Crippen LogP contribution in [0.15, 0.2) is 16.4 Å². The van der Waals surface area contributed by atoms with E-state index in [-0.39, 0.29) is 5.97 Å². The molecule has 0 aromatic carbocycles. The Labute approximate surface area is 85.2 Å². The van der Waals surface area contributed by atoms with Gasteiger partial charge in [0.15, 0.2) is 0 Å². The number of hydrogen-bond donors (Lipinski definition) is 0. The third-order valence-corrected chi connectivity index (χ3v) is 2.61. The summed E-state index contributed by atoms with van der Waals surface area (Å²) in [6.07, 6.45) is 2.12. The Morgan fingerprint density at radius 3 is 3.14 bits per heavy atom. The highest BCUT2D eigenvalue weighted by atomic mass is 32.1.